The zero-order valence-corrected chi connectivity index (χ0v) is 17.3. The first-order valence-corrected chi connectivity index (χ1v) is 9.67. The van der Waals surface area contributed by atoms with Gasteiger partial charge in [-0.3, -0.25) is 9.69 Å². The van der Waals surface area contributed by atoms with Gasteiger partial charge in [-0.25, -0.2) is 0 Å². The van der Waals surface area contributed by atoms with E-state index in [0.717, 1.165) is 0 Å². The molecule has 0 saturated carbocycles. The fraction of sp³-hybridized carbons (Fsp3) is 0.318. The van der Waals surface area contributed by atoms with E-state index in [1.165, 1.54) is 37.4 Å². The summed E-state index contributed by atoms with van der Waals surface area (Å²) in [7, 11) is 3.00. The van der Waals surface area contributed by atoms with Crippen LogP contribution in [0.2, 0.25) is 0 Å². The molecule has 1 aromatic heterocycles. The Hall–Kier alpha value is -3.24. The second kappa shape index (κ2) is 8.71. The van der Waals surface area contributed by atoms with Crippen LogP contribution in [0, 0.1) is 0 Å². The number of ether oxygens (including phenoxy) is 4. The molecule has 0 fully saturated rings. The smallest absolute Gasteiger partial charge is 0.453 e. The quantitative estimate of drug-likeness (QED) is 0.550. The summed E-state index contributed by atoms with van der Waals surface area (Å²) in [5.41, 5.74) is -0.737. The van der Waals surface area contributed by atoms with Gasteiger partial charge in [-0.2, -0.15) is 13.2 Å². The van der Waals surface area contributed by atoms with Crippen molar-refractivity contribution >= 4 is 11.0 Å². The molecular weight excluding hydrogens is 431 g/mol. The van der Waals surface area contributed by atoms with Crippen LogP contribution in [0.1, 0.15) is 11.3 Å². The van der Waals surface area contributed by atoms with Gasteiger partial charge in [0.1, 0.15) is 29.6 Å². The molecule has 10 heteroatoms. The van der Waals surface area contributed by atoms with Gasteiger partial charge in [0.2, 0.25) is 11.2 Å². The maximum atomic E-state index is 13.9. The summed E-state index contributed by atoms with van der Waals surface area (Å²) in [5.74, 6) is -1.54. The average Bonchev–Trinajstić information content (AvgIpc) is 2.78. The van der Waals surface area contributed by atoms with Gasteiger partial charge >= 0.3 is 6.18 Å². The highest BCUT2D eigenvalue weighted by Crippen LogP contribution is 2.41. The highest BCUT2D eigenvalue weighted by atomic mass is 19.4. The highest BCUT2D eigenvalue weighted by Gasteiger charge is 2.41. The van der Waals surface area contributed by atoms with Crippen molar-refractivity contribution in [3.05, 3.63) is 57.9 Å². The second-order valence-electron chi connectivity index (χ2n) is 7.10. The number of hydrogen-bond acceptors (Lipinski definition) is 7. The molecule has 2 aromatic carbocycles. The van der Waals surface area contributed by atoms with Gasteiger partial charge in [-0.15, -0.1) is 0 Å². The van der Waals surface area contributed by atoms with E-state index in [9.17, 15) is 18.0 Å². The van der Waals surface area contributed by atoms with Gasteiger partial charge in [0.15, 0.2) is 0 Å². The van der Waals surface area contributed by atoms with Gasteiger partial charge in [-0.1, -0.05) is 0 Å². The van der Waals surface area contributed by atoms with E-state index >= 15 is 0 Å². The highest BCUT2D eigenvalue weighted by molar-refractivity contribution is 5.83. The molecule has 0 amide bonds. The maximum Gasteiger partial charge on any atom is 0.453 e. The lowest BCUT2D eigenvalue weighted by Crippen LogP contribution is -2.34. The van der Waals surface area contributed by atoms with Crippen molar-refractivity contribution in [3.8, 4) is 23.0 Å². The molecule has 0 N–H and O–H groups in total. The van der Waals surface area contributed by atoms with Crippen LogP contribution in [0.4, 0.5) is 13.2 Å². The molecule has 2 heterocycles. The van der Waals surface area contributed by atoms with Crippen LogP contribution in [0.25, 0.3) is 11.0 Å². The molecule has 0 unspecified atom stereocenters. The van der Waals surface area contributed by atoms with Crippen molar-refractivity contribution in [3.63, 3.8) is 0 Å². The lowest BCUT2D eigenvalue weighted by atomic mass is 10.1. The molecule has 0 aliphatic carbocycles. The van der Waals surface area contributed by atoms with E-state index in [1.54, 1.807) is 13.2 Å². The third kappa shape index (κ3) is 4.23. The van der Waals surface area contributed by atoms with Crippen molar-refractivity contribution in [1.82, 2.24) is 4.90 Å². The van der Waals surface area contributed by atoms with Crippen LogP contribution >= 0.6 is 0 Å². The van der Waals surface area contributed by atoms with Crippen molar-refractivity contribution in [1.29, 1.82) is 0 Å². The minimum Gasteiger partial charge on any atom is -0.497 e. The van der Waals surface area contributed by atoms with Crippen LogP contribution in [0.15, 0.2) is 45.6 Å². The molecule has 3 aromatic rings. The molecule has 4 rings (SSSR count). The Balaban J connectivity index is 1.83. The van der Waals surface area contributed by atoms with E-state index in [-0.39, 0.29) is 30.0 Å². The third-order valence-electron chi connectivity index (χ3n) is 5.01. The average molecular weight is 451 g/mol. The number of halogens is 3. The monoisotopic (exact) mass is 451 g/mol. The SMILES string of the molecule is COCCN1COc2ccc3c(=O)c(Oc4ccc(OC)cc4)c(C(F)(F)F)oc3c2C1. The van der Waals surface area contributed by atoms with Gasteiger partial charge < -0.3 is 23.4 Å². The topological polar surface area (TPSA) is 70.4 Å². The van der Waals surface area contributed by atoms with Gasteiger partial charge in [0.25, 0.3) is 5.76 Å². The standard InChI is InChI=1S/C22H20F3NO6/c1-28-10-9-26-11-16-17(30-12-26)8-7-15-18(27)20(21(22(23,24)25)32-19(15)16)31-14-5-3-13(29-2)4-6-14/h3-8H,9-12H2,1-2H3. The second-order valence-corrected chi connectivity index (χ2v) is 7.10. The number of benzene rings is 2. The minimum absolute atomic E-state index is 0.0301. The minimum atomic E-state index is -4.96. The summed E-state index contributed by atoms with van der Waals surface area (Å²) in [4.78, 5) is 14.9. The fourth-order valence-electron chi connectivity index (χ4n) is 3.40. The van der Waals surface area contributed by atoms with Gasteiger partial charge in [-0.05, 0) is 36.4 Å². The Bertz CT molecular complexity index is 1170. The first-order chi connectivity index (χ1) is 15.3. The molecule has 32 heavy (non-hydrogen) atoms. The Morgan fingerprint density at radius 1 is 1.06 bits per heavy atom. The van der Waals surface area contributed by atoms with E-state index in [0.29, 0.717) is 30.2 Å². The summed E-state index contributed by atoms with van der Waals surface area (Å²) < 4.78 is 67.9. The largest absolute Gasteiger partial charge is 0.497 e. The molecule has 0 atom stereocenters. The third-order valence-corrected chi connectivity index (χ3v) is 5.01. The Morgan fingerprint density at radius 3 is 2.44 bits per heavy atom. The Kier molecular flexibility index (Phi) is 5.98. The van der Waals surface area contributed by atoms with Crippen LogP contribution in [-0.2, 0) is 17.5 Å². The van der Waals surface area contributed by atoms with Gasteiger partial charge in [0.05, 0.1) is 24.7 Å². The number of nitrogens with zero attached hydrogens (tertiary/aromatic N) is 1. The first kappa shape index (κ1) is 22.0. The predicted octanol–water partition coefficient (Wildman–Crippen LogP) is 4.41. The summed E-state index contributed by atoms with van der Waals surface area (Å²) in [6.45, 7) is 1.41. The van der Waals surface area contributed by atoms with E-state index < -0.39 is 23.1 Å². The number of fused-ring (bicyclic) bond motifs is 3. The van der Waals surface area contributed by atoms with Crippen molar-refractivity contribution in [2.45, 2.75) is 12.7 Å². The van der Waals surface area contributed by atoms with Gasteiger partial charge in [0, 0.05) is 20.2 Å². The van der Waals surface area contributed by atoms with Crippen molar-refractivity contribution in [2.24, 2.45) is 0 Å². The normalized spacial score (nSPS) is 14.2. The molecule has 7 nitrogen and oxygen atoms in total. The van der Waals surface area contributed by atoms with Crippen molar-refractivity contribution in [2.75, 3.05) is 34.1 Å². The zero-order valence-electron chi connectivity index (χ0n) is 17.3. The molecule has 0 bridgehead atoms. The summed E-state index contributed by atoms with van der Waals surface area (Å²) in [6.07, 6.45) is -4.96. The maximum absolute atomic E-state index is 13.9. The summed E-state index contributed by atoms with van der Waals surface area (Å²) in [6, 6.07) is 8.74. The van der Waals surface area contributed by atoms with Crippen molar-refractivity contribution < 1.29 is 36.5 Å². The van der Waals surface area contributed by atoms with Crippen LogP contribution in [0.5, 0.6) is 23.0 Å². The molecular formula is C22H20F3NO6. The number of hydrogen-bond donors (Lipinski definition) is 0. The van der Waals surface area contributed by atoms with Crippen LogP contribution in [0.3, 0.4) is 0 Å². The molecule has 1 aliphatic heterocycles. The predicted molar refractivity (Wildman–Crippen MR) is 108 cm³/mol. The lowest BCUT2D eigenvalue weighted by molar-refractivity contribution is -0.154. The van der Waals surface area contributed by atoms with E-state index in [4.69, 9.17) is 23.4 Å². The van der Waals surface area contributed by atoms with Crippen LogP contribution in [-0.4, -0.2) is 39.0 Å². The molecule has 170 valence electrons. The van der Waals surface area contributed by atoms with E-state index in [2.05, 4.69) is 0 Å². The number of alkyl halides is 3. The fourth-order valence-corrected chi connectivity index (χ4v) is 3.40. The molecule has 0 spiro atoms. The summed E-state index contributed by atoms with van der Waals surface area (Å²) in [5, 5.41) is -0.0301. The lowest BCUT2D eigenvalue weighted by Gasteiger charge is -2.29. The molecule has 1 aliphatic rings. The zero-order chi connectivity index (χ0) is 22.9. The molecule has 0 radical (unpaired) electrons. The summed E-state index contributed by atoms with van der Waals surface area (Å²) >= 11 is 0. The first-order valence-electron chi connectivity index (χ1n) is 9.67. The molecule has 0 saturated heterocycles. The van der Waals surface area contributed by atoms with Crippen LogP contribution < -0.4 is 19.6 Å². The Labute approximate surface area is 180 Å². The number of methoxy groups -OCH3 is 2. The number of rotatable bonds is 6. The van der Waals surface area contributed by atoms with E-state index in [1.807, 2.05) is 4.90 Å². The Morgan fingerprint density at radius 2 is 1.78 bits per heavy atom.